The van der Waals surface area contributed by atoms with E-state index in [1.54, 1.807) is 57.9 Å². The summed E-state index contributed by atoms with van der Waals surface area (Å²) in [5.41, 5.74) is 7.85. The quantitative estimate of drug-likeness (QED) is 0.0198. The van der Waals surface area contributed by atoms with Crippen LogP contribution < -0.4 is 50.6 Å². The molecule has 0 saturated carbocycles. The summed E-state index contributed by atoms with van der Waals surface area (Å²) in [7, 11) is 6.46. The van der Waals surface area contributed by atoms with Gasteiger partial charge < -0.3 is 49.5 Å². The summed E-state index contributed by atoms with van der Waals surface area (Å²) in [6.07, 6.45) is 4.23. The summed E-state index contributed by atoms with van der Waals surface area (Å²) >= 11 is 0. The van der Waals surface area contributed by atoms with Gasteiger partial charge in [-0.1, -0.05) is 58.0 Å². The lowest BCUT2D eigenvalue weighted by Crippen LogP contribution is -2.39. The molecule has 3 heterocycles. The van der Waals surface area contributed by atoms with Crippen LogP contribution in [0.4, 0.5) is 28.4 Å². The molecule has 0 spiro atoms. The van der Waals surface area contributed by atoms with Gasteiger partial charge in [-0.05, 0) is 117 Å². The molecule has 5 aromatic rings. The molecule has 0 radical (unpaired) electrons. The molecule has 8 rings (SSSR count). The minimum atomic E-state index is -0.217. The number of para-hydroxylation sites is 2. The van der Waals surface area contributed by atoms with Crippen LogP contribution in [0.15, 0.2) is 96.0 Å². The minimum absolute atomic E-state index is 0.00500. The molecular formula is C55H63N7O9S2. The fourth-order valence-electron chi connectivity index (χ4n) is 9.20. The van der Waals surface area contributed by atoms with Gasteiger partial charge in [0.15, 0.2) is 23.0 Å². The Hall–Kier alpha value is -6.73. The Morgan fingerprint density at radius 1 is 0.849 bits per heavy atom. The smallest absolute Gasteiger partial charge is 0.260 e. The average molecular weight is 1030 g/mol. The number of amides is 4. The molecule has 5 aromatic carbocycles. The molecule has 0 unspecified atom stereocenters. The first-order valence-corrected chi connectivity index (χ1v) is 26.7. The van der Waals surface area contributed by atoms with Gasteiger partial charge in [0, 0.05) is 72.2 Å². The van der Waals surface area contributed by atoms with Crippen LogP contribution in [0.5, 0.6) is 23.0 Å². The summed E-state index contributed by atoms with van der Waals surface area (Å²) in [6.45, 7) is 10.2. The van der Waals surface area contributed by atoms with E-state index in [1.165, 1.54) is 7.11 Å². The number of ether oxygens (including phenoxy) is 4. The number of carbonyl (C=O) groups excluding carboxylic acids is 4. The van der Waals surface area contributed by atoms with Gasteiger partial charge >= 0.3 is 0 Å². The van der Waals surface area contributed by atoms with E-state index in [9.17, 15) is 19.2 Å². The molecule has 16 nitrogen and oxygen atoms in total. The molecule has 0 bridgehead atoms. The molecule has 0 fully saturated rings. The van der Waals surface area contributed by atoms with E-state index in [1.807, 2.05) is 65.6 Å². The Morgan fingerprint density at radius 3 is 2.27 bits per heavy atom. The Morgan fingerprint density at radius 2 is 1.55 bits per heavy atom. The summed E-state index contributed by atoms with van der Waals surface area (Å²) in [4.78, 5) is 66.3. The van der Waals surface area contributed by atoms with Crippen LogP contribution in [-0.4, -0.2) is 87.3 Å². The standard InChI is InChI=1S/C55H63N7O9S2/c1-55(2,73-72-23-10-16-51(63)58-20-11-22-71-56)19-17-52(64)60-39-25-35(33-69-49-30-43(57-3)41(28-47(49)67-4)53(65)61-21-18-37-12-6-8-14-45(37)61)24-36(26-39)34-70-50-31-44-42(29-48(50)68-5)54(66)62-40(32-59-44)27-38-13-7-9-15-46(38)62/h6-9,12-15,24-26,28-31,40,59H,3,10-11,16-23,27,32-34,56H2,1-2,4-5H3,(H,58,63)(H,60,64)/t40-/m0/s1. The maximum atomic E-state index is 14.1. The lowest BCUT2D eigenvalue weighted by atomic mass is 10.1. The normalized spacial score (nSPS) is 14.5. The number of benzene rings is 5. The number of nitrogens with zero attached hydrogens (tertiary/aromatic N) is 3. The first kappa shape index (κ1) is 52.6. The molecule has 3 aliphatic rings. The van der Waals surface area contributed by atoms with E-state index >= 15 is 0 Å². The number of nitrogens with one attached hydrogen (secondary N) is 3. The highest BCUT2D eigenvalue weighted by Gasteiger charge is 2.38. The third-order valence-electron chi connectivity index (χ3n) is 12.9. The number of hydrogen-bond acceptors (Lipinski definition) is 14. The van der Waals surface area contributed by atoms with Crippen LogP contribution in [-0.2, 0) is 40.5 Å². The van der Waals surface area contributed by atoms with Crippen molar-refractivity contribution in [1.29, 1.82) is 0 Å². The molecule has 5 N–H and O–H groups in total. The van der Waals surface area contributed by atoms with Gasteiger partial charge in [-0.15, -0.1) is 0 Å². The van der Waals surface area contributed by atoms with Gasteiger partial charge in [0.2, 0.25) is 11.8 Å². The zero-order valence-electron chi connectivity index (χ0n) is 41.8. The van der Waals surface area contributed by atoms with E-state index in [2.05, 4.69) is 52.4 Å². The van der Waals surface area contributed by atoms with Crippen molar-refractivity contribution in [3.05, 3.63) is 124 Å². The third-order valence-corrected chi connectivity index (χ3v) is 16.4. The van der Waals surface area contributed by atoms with Gasteiger partial charge in [0.1, 0.15) is 13.2 Å². The number of carbonyl (C=O) groups is 4. The Bertz CT molecular complexity index is 2840. The summed E-state index contributed by atoms with van der Waals surface area (Å²) in [5.74, 6) is 6.90. The van der Waals surface area contributed by atoms with Gasteiger partial charge in [0.05, 0.1) is 49.4 Å². The lowest BCUT2D eigenvalue weighted by molar-refractivity contribution is -0.121. The van der Waals surface area contributed by atoms with E-state index in [0.717, 1.165) is 53.1 Å². The number of anilines is 4. The lowest BCUT2D eigenvalue weighted by Gasteiger charge is -2.23. The molecule has 0 aromatic heterocycles. The Balaban J connectivity index is 0.971. The highest BCUT2D eigenvalue weighted by atomic mass is 33.1. The molecule has 0 saturated heterocycles. The summed E-state index contributed by atoms with van der Waals surface area (Å²) in [5, 5.41) is 9.48. The van der Waals surface area contributed by atoms with Crippen LogP contribution in [0.25, 0.3) is 0 Å². The number of hydrogen-bond donors (Lipinski definition) is 4. The average Bonchev–Trinajstić information content (AvgIpc) is 3.97. The van der Waals surface area contributed by atoms with Crippen LogP contribution in [0.2, 0.25) is 0 Å². The van der Waals surface area contributed by atoms with Crippen molar-refractivity contribution in [2.45, 2.75) is 82.8 Å². The van der Waals surface area contributed by atoms with Gasteiger partial charge in [0.25, 0.3) is 11.8 Å². The second-order valence-corrected chi connectivity index (χ2v) is 21.7. The van der Waals surface area contributed by atoms with E-state index in [0.29, 0.717) is 102 Å². The summed E-state index contributed by atoms with van der Waals surface area (Å²) in [6, 6.07) is 28.3. The first-order chi connectivity index (χ1) is 35.4. The predicted octanol–water partition coefficient (Wildman–Crippen LogP) is 9.45. The maximum absolute atomic E-state index is 14.1. The number of fused-ring (bicyclic) bond motifs is 5. The van der Waals surface area contributed by atoms with E-state index in [4.69, 9.17) is 24.8 Å². The number of rotatable bonds is 24. The predicted molar refractivity (Wildman–Crippen MR) is 290 cm³/mol. The zero-order valence-corrected chi connectivity index (χ0v) is 43.4. The highest BCUT2D eigenvalue weighted by molar-refractivity contribution is 8.77. The van der Waals surface area contributed by atoms with Gasteiger partial charge in [-0.2, -0.15) is 0 Å². The summed E-state index contributed by atoms with van der Waals surface area (Å²) < 4.78 is 24.3. The van der Waals surface area contributed by atoms with Crippen molar-refractivity contribution >= 4 is 80.4 Å². The van der Waals surface area contributed by atoms with Crippen molar-refractivity contribution in [3.8, 4) is 23.0 Å². The van der Waals surface area contributed by atoms with Gasteiger partial charge in [-0.25, -0.2) is 5.90 Å². The second-order valence-electron chi connectivity index (χ2n) is 18.6. The molecule has 18 heteroatoms. The molecular weight excluding hydrogens is 967 g/mol. The molecule has 384 valence electrons. The van der Waals surface area contributed by atoms with E-state index in [-0.39, 0.29) is 54.1 Å². The van der Waals surface area contributed by atoms with Crippen molar-refractivity contribution in [1.82, 2.24) is 5.32 Å². The molecule has 3 aliphatic heterocycles. The van der Waals surface area contributed by atoms with Crippen LogP contribution in [0.1, 0.15) is 88.9 Å². The zero-order chi connectivity index (χ0) is 51.5. The van der Waals surface area contributed by atoms with Crippen LogP contribution in [0.3, 0.4) is 0 Å². The van der Waals surface area contributed by atoms with Crippen LogP contribution in [0, 0.1) is 0 Å². The van der Waals surface area contributed by atoms with E-state index < -0.39 is 0 Å². The third kappa shape index (κ3) is 12.9. The fraction of sp³-hybridized carbons (Fsp3) is 0.364. The second kappa shape index (κ2) is 24.3. The topological polar surface area (TPSA) is 195 Å². The number of methoxy groups -OCH3 is 2. The minimum Gasteiger partial charge on any atom is -0.493 e. The Kier molecular flexibility index (Phi) is 17.5. The Labute approximate surface area is 434 Å². The maximum Gasteiger partial charge on any atom is 0.260 e. The monoisotopic (exact) mass is 1030 g/mol. The fourth-order valence-corrected chi connectivity index (χ4v) is 11.9. The highest BCUT2D eigenvalue weighted by Crippen LogP contribution is 2.43. The molecule has 1 atom stereocenters. The number of aliphatic imine (C=N–C) groups is 1. The van der Waals surface area contributed by atoms with Gasteiger partial charge in [-0.3, -0.25) is 24.2 Å². The molecule has 0 aliphatic carbocycles. The number of nitrogens with two attached hydrogens (primary N) is 1. The van der Waals surface area contributed by atoms with Crippen molar-refractivity contribution in [2.75, 3.05) is 66.6 Å². The van der Waals surface area contributed by atoms with Crippen molar-refractivity contribution < 1.29 is 43.0 Å². The largest absolute Gasteiger partial charge is 0.493 e. The molecule has 73 heavy (non-hydrogen) atoms. The first-order valence-electron chi connectivity index (χ1n) is 24.4. The van der Waals surface area contributed by atoms with Crippen molar-refractivity contribution in [2.24, 2.45) is 10.9 Å². The molecule has 4 amide bonds. The van der Waals surface area contributed by atoms with Crippen LogP contribution >= 0.6 is 21.6 Å². The van der Waals surface area contributed by atoms with Crippen molar-refractivity contribution in [3.63, 3.8) is 0 Å². The SMILES string of the molecule is C=Nc1cc(OCc2cc(COc3cc4c(cc3OC)C(=O)N3c5ccccc5C[C@H]3CN4)cc(NC(=O)CCC(C)(C)SSCCCC(=O)NCCCON)c2)c(OC)cc1C(=O)N1CCc2ccccc21.